The van der Waals surface area contributed by atoms with Crippen LogP contribution in [0, 0.1) is 0 Å². The van der Waals surface area contributed by atoms with Crippen molar-refractivity contribution in [3.63, 3.8) is 0 Å². The van der Waals surface area contributed by atoms with Crippen LogP contribution in [0.4, 0.5) is 0 Å². The zero-order valence-corrected chi connectivity index (χ0v) is 13.5. The summed E-state index contributed by atoms with van der Waals surface area (Å²) in [5.74, 6) is -0.110. The van der Waals surface area contributed by atoms with Gasteiger partial charge in [0.15, 0.2) is 0 Å². The number of carbonyl (C=O) groups excluding carboxylic acids is 2. The molecule has 0 aliphatic carbocycles. The van der Waals surface area contributed by atoms with E-state index in [1.807, 2.05) is 60.7 Å². The summed E-state index contributed by atoms with van der Waals surface area (Å²) in [5.41, 5.74) is 0.956. The number of piperazine rings is 1. The fourth-order valence-corrected chi connectivity index (χ4v) is 3.65. The molecule has 0 unspecified atom stereocenters. The van der Waals surface area contributed by atoms with Crippen molar-refractivity contribution in [3.8, 4) is 0 Å². The lowest BCUT2D eigenvalue weighted by Crippen LogP contribution is -2.50. The van der Waals surface area contributed by atoms with E-state index in [4.69, 9.17) is 0 Å². The summed E-state index contributed by atoms with van der Waals surface area (Å²) in [4.78, 5) is 27.2. The predicted molar refractivity (Wildman–Crippen MR) is 91.1 cm³/mol. The van der Waals surface area contributed by atoms with Gasteiger partial charge in [-0.2, -0.15) is 0 Å². The Hall–Kier alpha value is -2.27. The van der Waals surface area contributed by atoms with Gasteiger partial charge in [-0.3, -0.25) is 9.59 Å². The second-order valence-corrected chi connectivity index (χ2v) is 6.51. The van der Waals surface area contributed by atoms with Crippen LogP contribution in [-0.2, 0) is 9.59 Å². The average molecular weight is 326 g/mol. The quantitative estimate of drug-likeness (QED) is 0.878. The monoisotopic (exact) mass is 326 g/mol. The van der Waals surface area contributed by atoms with Gasteiger partial charge in [0, 0.05) is 18.0 Å². The highest BCUT2D eigenvalue weighted by Crippen LogP contribution is 2.36. The van der Waals surface area contributed by atoms with Crippen molar-refractivity contribution in [2.45, 2.75) is 10.1 Å². The lowest BCUT2D eigenvalue weighted by atomic mass is 10.1. The van der Waals surface area contributed by atoms with Gasteiger partial charge in [-0.05, 0) is 17.7 Å². The molecule has 1 aliphatic rings. The molecular formula is C18H18N2O2S. The molecule has 1 saturated heterocycles. The molecule has 0 bridgehead atoms. The summed E-state index contributed by atoms with van der Waals surface area (Å²) in [7, 11) is 0. The number of nitrogens with one attached hydrogen (secondary N) is 1. The van der Waals surface area contributed by atoms with Crippen LogP contribution < -0.4 is 5.32 Å². The van der Waals surface area contributed by atoms with Crippen LogP contribution in [0.25, 0.3) is 0 Å². The van der Waals surface area contributed by atoms with Gasteiger partial charge in [0.2, 0.25) is 11.8 Å². The summed E-state index contributed by atoms with van der Waals surface area (Å²) in [6, 6.07) is 19.6. The van der Waals surface area contributed by atoms with Gasteiger partial charge in [0.25, 0.3) is 0 Å². The van der Waals surface area contributed by atoms with Gasteiger partial charge in [0.05, 0.1) is 6.54 Å². The maximum atomic E-state index is 13.0. The van der Waals surface area contributed by atoms with Crippen LogP contribution in [0.2, 0.25) is 0 Å². The van der Waals surface area contributed by atoms with E-state index < -0.39 is 0 Å². The van der Waals surface area contributed by atoms with Gasteiger partial charge < -0.3 is 10.2 Å². The molecule has 23 heavy (non-hydrogen) atoms. The number of thioether (sulfide) groups is 1. The molecular weight excluding hydrogens is 308 g/mol. The lowest BCUT2D eigenvalue weighted by molar-refractivity contribution is -0.137. The summed E-state index contributed by atoms with van der Waals surface area (Å²) >= 11 is 1.52. The van der Waals surface area contributed by atoms with Gasteiger partial charge in [-0.25, -0.2) is 0 Å². The van der Waals surface area contributed by atoms with E-state index in [1.54, 1.807) is 4.90 Å². The van der Waals surface area contributed by atoms with E-state index >= 15 is 0 Å². The molecule has 2 amide bonds. The Bertz CT molecular complexity index is 676. The zero-order chi connectivity index (χ0) is 16.1. The van der Waals surface area contributed by atoms with Crippen molar-refractivity contribution in [2.24, 2.45) is 0 Å². The number of hydrogen-bond acceptors (Lipinski definition) is 3. The van der Waals surface area contributed by atoms with Crippen LogP contribution in [0.5, 0.6) is 0 Å². The summed E-state index contributed by atoms with van der Waals surface area (Å²) < 4.78 is 0. The van der Waals surface area contributed by atoms with E-state index in [0.717, 1.165) is 10.5 Å². The number of nitrogens with zero attached hydrogens (tertiary/aromatic N) is 1. The van der Waals surface area contributed by atoms with Gasteiger partial charge in [-0.15, -0.1) is 11.8 Å². The highest BCUT2D eigenvalue weighted by Gasteiger charge is 2.29. The Labute approximate surface area is 139 Å². The number of amides is 2. The third kappa shape index (κ3) is 3.93. The molecule has 1 aliphatic heterocycles. The highest BCUT2D eigenvalue weighted by atomic mass is 32.2. The zero-order valence-electron chi connectivity index (χ0n) is 12.6. The van der Waals surface area contributed by atoms with Crippen LogP contribution >= 0.6 is 11.8 Å². The molecule has 4 nitrogen and oxygen atoms in total. The largest absolute Gasteiger partial charge is 0.353 e. The molecule has 0 saturated carbocycles. The SMILES string of the molecule is O=C1CN(C(=O)[C@H](Sc2ccccc2)c2ccccc2)CCN1. The molecule has 0 radical (unpaired) electrons. The Kier molecular flexibility index (Phi) is 4.98. The van der Waals surface area contributed by atoms with Gasteiger partial charge >= 0.3 is 0 Å². The predicted octanol–water partition coefficient (Wildman–Crippen LogP) is 2.48. The van der Waals surface area contributed by atoms with E-state index in [2.05, 4.69) is 5.32 Å². The molecule has 2 aromatic rings. The summed E-state index contributed by atoms with van der Waals surface area (Å²) in [6.07, 6.45) is 0. The topological polar surface area (TPSA) is 49.4 Å². The number of rotatable bonds is 4. The normalized spacial score (nSPS) is 15.8. The van der Waals surface area contributed by atoms with Gasteiger partial charge in [0.1, 0.15) is 5.25 Å². The van der Waals surface area contributed by atoms with Crippen molar-refractivity contribution >= 4 is 23.6 Å². The van der Waals surface area contributed by atoms with Crippen molar-refractivity contribution in [1.82, 2.24) is 10.2 Å². The minimum atomic E-state index is -0.343. The van der Waals surface area contributed by atoms with Crippen molar-refractivity contribution in [3.05, 3.63) is 66.2 Å². The van der Waals surface area contributed by atoms with E-state index in [1.165, 1.54) is 11.8 Å². The number of carbonyl (C=O) groups is 2. The van der Waals surface area contributed by atoms with Gasteiger partial charge in [-0.1, -0.05) is 48.5 Å². The summed E-state index contributed by atoms with van der Waals surface area (Å²) in [6.45, 7) is 1.21. The van der Waals surface area contributed by atoms with Crippen LogP contribution in [-0.4, -0.2) is 36.3 Å². The highest BCUT2D eigenvalue weighted by molar-refractivity contribution is 8.00. The van der Waals surface area contributed by atoms with E-state index in [-0.39, 0.29) is 23.6 Å². The Morgan fingerprint density at radius 3 is 2.35 bits per heavy atom. The first-order chi connectivity index (χ1) is 11.2. The fraction of sp³-hybridized carbons (Fsp3) is 0.222. The number of benzene rings is 2. The molecule has 0 spiro atoms. The van der Waals surface area contributed by atoms with Crippen molar-refractivity contribution in [2.75, 3.05) is 19.6 Å². The van der Waals surface area contributed by atoms with Crippen LogP contribution in [0.3, 0.4) is 0 Å². The average Bonchev–Trinajstić information content (AvgIpc) is 2.61. The standard InChI is InChI=1S/C18H18N2O2S/c21-16-13-20(12-11-19-16)18(22)17(14-7-3-1-4-8-14)23-15-9-5-2-6-10-15/h1-10,17H,11-13H2,(H,19,21)/t17-/m1/s1. The molecule has 118 valence electrons. The van der Waals surface area contributed by atoms with E-state index in [0.29, 0.717) is 13.1 Å². The minimum Gasteiger partial charge on any atom is -0.353 e. The molecule has 1 N–H and O–H groups in total. The first-order valence-electron chi connectivity index (χ1n) is 7.56. The first kappa shape index (κ1) is 15.6. The minimum absolute atomic E-state index is 0.0140. The van der Waals surface area contributed by atoms with Crippen molar-refractivity contribution in [1.29, 1.82) is 0 Å². The Balaban J connectivity index is 1.85. The first-order valence-corrected chi connectivity index (χ1v) is 8.44. The Morgan fingerprint density at radius 2 is 1.70 bits per heavy atom. The van der Waals surface area contributed by atoms with E-state index in [9.17, 15) is 9.59 Å². The molecule has 0 aromatic heterocycles. The summed E-state index contributed by atoms with van der Waals surface area (Å²) in [5, 5.41) is 2.41. The smallest absolute Gasteiger partial charge is 0.241 e. The molecule has 5 heteroatoms. The second-order valence-electron chi connectivity index (χ2n) is 5.33. The Morgan fingerprint density at radius 1 is 1.04 bits per heavy atom. The van der Waals surface area contributed by atoms with Crippen molar-refractivity contribution < 1.29 is 9.59 Å². The molecule has 1 atom stereocenters. The fourth-order valence-electron chi connectivity index (χ4n) is 2.52. The number of hydrogen-bond donors (Lipinski definition) is 1. The second kappa shape index (κ2) is 7.33. The van der Waals surface area contributed by atoms with Crippen LogP contribution in [0.15, 0.2) is 65.6 Å². The van der Waals surface area contributed by atoms with Crippen LogP contribution in [0.1, 0.15) is 10.8 Å². The maximum absolute atomic E-state index is 13.0. The lowest BCUT2D eigenvalue weighted by Gasteiger charge is -2.30. The third-order valence-corrected chi connectivity index (χ3v) is 4.93. The third-order valence-electron chi connectivity index (χ3n) is 3.67. The molecule has 2 aromatic carbocycles. The molecule has 3 rings (SSSR count). The molecule has 1 heterocycles. The molecule has 1 fully saturated rings. The maximum Gasteiger partial charge on any atom is 0.241 e.